The second kappa shape index (κ2) is 5.64. The van der Waals surface area contributed by atoms with Crippen LogP contribution in [-0.4, -0.2) is 25.7 Å². The maximum atomic E-state index is 11.4. The molecule has 1 heterocycles. The van der Waals surface area contributed by atoms with E-state index in [1.165, 1.54) is 0 Å². The van der Waals surface area contributed by atoms with E-state index in [-0.39, 0.29) is 22.7 Å². The Labute approximate surface area is 93.2 Å². The fourth-order valence-corrected chi connectivity index (χ4v) is 3.49. The molecule has 3 nitrogen and oxygen atoms in total. The van der Waals surface area contributed by atoms with Crippen LogP contribution >= 0.6 is 0 Å². The lowest BCUT2D eigenvalue weighted by Gasteiger charge is -2.33. The van der Waals surface area contributed by atoms with Gasteiger partial charge in [-0.25, -0.2) is 8.42 Å². The minimum Gasteiger partial charge on any atom is -0.299 e. The van der Waals surface area contributed by atoms with Crippen molar-refractivity contribution in [3.05, 3.63) is 0 Å². The van der Waals surface area contributed by atoms with Crippen LogP contribution in [0.2, 0.25) is 0 Å². The highest BCUT2D eigenvalue weighted by Gasteiger charge is 2.39. The molecule has 0 spiro atoms. The average molecular weight is 234 g/mol. The molecule has 0 atom stereocenters. The molecule has 0 N–H and O–H groups in total. The predicted molar refractivity (Wildman–Crippen MR) is 62.6 cm³/mol. The first-order valence-corrected chi connectivity index (χ1v) is 7.45. The molecular weight excluding hydrogens is 212 g/mol. The van der Waals surface area contributed by atoms with E-state index in [1.54, 1.807) is 6.92 Å². The van der Waals surface area contributed by atoms with E-state index in [4.69, 9.17) is 0 Å². The number of rotatable bonds is 2. The number of sulfone groups is 1. The van der Waals surface area contributed by atoms with Crippen molar-refractivity contribution in [1.82, 2.24) is 0 Å². The van der Waals surface area contributed by atoms with Crippen LogP contribution in [0.15, 0.2) is 0 Å². The van der Waals surface area contributed by atoms with Gasteiger partial charge in [0, 0.05) is 5.41 Å². The van der Waals surface area contributed by atoms with Gasteiger partial charge in [-0.3, -0.25) is 4.79 Å². The lowest BCUT2D eigenvalue weighted by molar-refractivity contribution is -0.127. The molecule has 0 aromatic carbocycles. The first-order valence-electron chi connectivity index (χ1n) is 5.63. The SMILES string of the molecule is CC.CCC1(C(C)=O)CCS(=O)(=O)CC1. The lowest BCUT2D eigenvalue weighted by atomic mass is 9.76. The van der Waals surface area contributed by atoms with Gasteiger partial charge in [-0.2, -0.15) is 0 Å². The molecule has 0 saturated carbocycles. The van der Waals surface area contributed by atoms with Gasteiger partial charge in [-0.05, 0) is 26.2 Å². The summed E-state index contributed by atoms with van der Waals surface area (Å²) in [6.45, 7) is 7.53. The molecule has 1 fully saturated rings. The Balaban J connectivity index is 0.000000921. The Morgan fingerprint density at radius 1 is 1.20 bits per heavy atom. The van der Waals surface area contributed by atoms with Gasteiger partial charge in [0.15, 0.2) is 0 Å². The highest BCUT2D eigenvalue weighted by Crippen LogP contribution is 2.36. The van der Waals surface area contributed by atoms with Crippen LogP contribution < -0.4 is 0 Å². The van der Waals surface area contributed by atoms with Crippen LogP contribution in [0, 0.1) is 5.41 Å². The predicted octanol–water partition coefficient (Wildman–Crippen LogP) is 2.21. The molecule has 0 amide bonds. The van der Waals surface area contributed by atoms with Crippen molar-refractivity contribution in [3.63, 3.8) is 0 Å². The summed E-state index contributed by atoms with van der Waals surface area (Å²) < 4.78 is 22.3. The molecular formula is C11H22O3S. The molecule has 15 heavy (non-hydrogen) atoms. The van der Waals surface area contributed by atoms with Gasteiger partial charge in [0.25, 0.3) is 0 Å². The second-order valence-corrected chi connectivity index (χ2v) is 6.15. The minimum absolute atomic E-state index is 0.143. The van der Waals surface area contributed by atoms with E-state index in [2.05, 4.69) is 0 Å². The van der Waals surface area contributed by atoms with Crippen molar-refractivity contribution in [2.45, 2.75) is 47.0 Å². The van der Waals surface area contributed by atoms with Crippen LogP contribution in [0.4, 0.5) is 0 Å². The van der Waals surface area contributed by atoms with Gasteiger partial charge in [0.05, 0.1) is 11.5 Å². The fourth-order valence-electron chi connectivity index (χ4n) is 1.88. The van der Waals surface area contributed by atoms with Crippen LogP contribution in [0.3, 0.4) is 0 Å². The number of Topliss-reactive ketones (excluding diaryl/α,β-unsaturated/α-hetero) is 1. The molecule has 1 rings (SSSR count). The Kier molecular flexibility index (Phi) is 5.49. The number of ketones is 1. The topological polar surface area (TPSA) is 51.2 Å². The average Bonchev–Trinajstić information content (AvgIpc) is 2.21. The Hall–Kier alpha value is -0.380. The van der Waals surface area contributed by atoms with Crippen molar-refractivity contribution >= 4 is 15.6 Å². The van der Waals surface area contributed by atoms with Gasteiger partial charge in [-0.1, -0.05) is 20.8 Å². The van der Waals surface area contributed by atoms with E-state index in [1.807, 2.05) is 20.8 Å². The number of carbonyl (C=O) groups is 1. The largest absolute Gasteiger partial charge is 0.299 e. The summed E-state index contributed by atoms with van der Waals surface area (Å²) in [5, 5.41) is 0. The minimum atomic E-state index is -2.85. The molecule has 90 valence electrons. The Bertz CT molecular complexity index is 290. The van der Waals surface area contributed by atoms with E-state index in [0.717, 1.165) is 6.42 Å². The summed E-state index contributed by atoms with van der Waals surface area (Å²) in [5.41, 5.74) is -0.342. The van der Waals surface area contributed by atoms with Crippen molar-refractivity contribution < 1.29 is 13.2 Å². The normalized spacial score (nSPS) is 22.4. The Morgan fingerprint density at radius 2 is 1.60 bits per heavy atom. The van der Waals surface area contributed by atoms with E-state index >= 15 is 0 Å². The van der Waals surface area contributed by atoms with Crippen LogP contribution in [0.5, 0.6) is 0 Å². The van der Waals surface area contributed by atoms with Gasteiger partial charge in [0.1, 0.15) is 15.6 Å². The molecule has 1 aliphatic rings. The summed E-state index contributed by atoms with van der Waals surface area (Å²) in [6, 6.07) is 0. The second-order valence-electron chi connectivity index (χ2n) is 3.84. The van der Waals surface area contributed by atoms with Crippen molar-refractivity contribution in [1.29, 1.82) is 0 Å². The Morgan fingerprint density at radius 3 is 1.87 bits per heavy atom. The first-order chi connectivity index (χ1) is 6.92. The van der Waals surface area contributed by atoms with Crippen molar-refractivity contribution in [2.24, 2.45) is 5.41 Å². The quantitative estimate of drug-likeness (QED) is 0.736. The zero-order valence-corrected chi connectivity index (χ0v) is 11.0. The molecule has 0 radical (unpaired) electrons. The summed E-state index contributed by atoms with van der Waals surface area (Å²) in [7, 11) is -2.85. The molecule has 4 heteroatoms. The maximum absolute atomic E-state index is 11.4. The van der Waals surface area contributed by atoms with E-state index in [9.17, 15) is 13.2 Å². The van der Waals surface area contributed by atoms with E-state index < -0.39 is 9.84 Å². The molecule has 1 saturated heterocycles. The molecule has 0 aliphatic carbocycles. The molecule has 0 bridgehead atoms. The summed E-state index contributed by atoms with van der Waals surface area (Å²) in [5.74, 6) is 0.505. The van der Waals surface area contributed by atoms with Gasteiger partial charge in [-0.15, -0.1) is 0 Å². The van der Waals surface area contributed by atoms with E-state index in [0.29, 0.717) is 12.8 Å². The fraction of sp³-hybridized carbons (Fsp3) is 0.909. The maximum Gasteiger partial charge on any atom is 0.150 e. The zero-order chi connectivity index (χ0) is 12.1. The number of hydrogen-bond donors (Lipinski definition) is 0. The van der Waals surface area contributed by atoms with Gasteiger partial charge < -0.3 is 0 Å². The smallest absolute Gasteiger partial charge is 0.150 e. The van der Waals surface area contributed by atoms with Gasteiger partial charge >= 0.3 is 0 Å². The summed E-state index contributed by atoms with van der Waals surface area (Å²) in [4.78, 5) is 11.4. The number of carbonyl (C=O) groups excluding carboxylic acids is 1. The first kappa shape index (κ1) is 14.6. The standard InChI is InChI=1S/C9H16O3S.C2H6/c1-3-9(8(2)10)4-6-13(11,12)7-5-9;1-2/h3-7H2,1-2H3;1-2H3. The zero-order valence-electron chi connectivity index (χ0n) is 10.2. The third kappa shape index (κ3) is 3.59. The van der Waals surface area contributed by atoms with Crippen LogP contribution in [-0.2, 0) is 14.6 Å². The molecule has 0 unspecified atom stereocenters. The van der Waals surface area contributed by atoms with Crippen LogP contribution in [0.25, 0.3) is 0 Å². The summed E-state index contributed by atoms with van der Waals surface area (Å²) in [6.07, 6.45) is 1.79. The highest BCUT2D eigenvalue weighted by molar-refractivity contribution is 7.91. The summed E-state index contributed by atoms with van der Waals surface area (Å²) >= 11 is 0. The third-order valence-electron chi connectivity index (χ3n) is 3.21. The molecule has 0 aromatic heterocycles. The van der Waals surface area contributed by atoms with Crippen molar-refractivity contribution in [3.8, 4) is 0 Å². The highest BCUT2D eigenvalue weighted by atomic mass is 32.2. The molecule has 0 aromatic rings. The third-order valence-corrected chi connectivity index (χ3v) is 4.86. The monoisotopic (exact) mass is 234 g/mol. The van der Waals surface area contributed by atoms with Gasteiger partial charge in [0.2, 0.25) is 0 Å². The van der Waals surface area contributed by atoms with Crippen molar-refractivity contribution in [2.75, 3.05) is 11.5 Å². The van der Waals surface area contributed by atoms with Crippen LogP contribution in [0.1, 0.15) is 47.0 Å². The lowest BCUT2D eigenvalue weighted by Crippen LogP contribution is -2.38. The number of hydrogen-bond acceptors (Lipinski definition) is 3. The molecule has 1 aliphatic heterocycles.